The van der Waals surface area contributed by atoms with Crippen molar-refractivity contribution >= 4 is 38.4 Å². The first-order valence-corrected chi connectivity index (χ1v) is 13.5. The van der Waals surface area contributed by atoms with E-state index in [1.54, 1.807) is 12.1 Å². The minimum Gasteiger partial charge on any atom is -0.506 e. The van der Waals surface area contributed by atoms with E-state index in [1.807, 2.05) is 28.2 Å². The highest BCUT2D eigenvalue weighted by Gasteiger charge is 2.23. The summed E-state index contributed by atoms with van der Waals surface area (Å²) in [6.45, 7) is 8.74. The van der Waals surface area contributed by atoms with E-state index < -0.39 is 0 Å². The van der Waals surface area contributed by atoms with Crippen molar-refractivity contribution in [3.8, 4) is 5.75 Å². The van der Waals surface area contributed by atoms with Gasteiger partial charge in [-0.15, -0.1) is 11.3 Å². The van der Waals surface area contributed by atoms with Crippen LogP contribution in [0.5, 0.6) is 5.75 Å². The first-order chi connectivity index (χ1) is 17.0. The molecule has 1 aliphatic rings. The number of hydrogen-bond donors (Lipinski definition) is 2. The lowest BCUT2D eigenvalue weighted by Crippen LogP contribution is -2.34. The molecule has 4 aromatic rings. The number of piperidine rings is 1. The van der Waals surface area contributed by atoms with Crippen LogP contribution in [0.4, 0.5) is 0 Å². The van der Waals surface area contributed by atoms with Gasteiger partial charge in [0, 0.05) is 30.6 Å². The van der Waals surface area contributed by atoms with Crippen LogP contribution in [0.25, 0.3) is 21.1 Å². The number of aromatic nitrogens is 2. The number of thiazole rings is 1. The summed E-state index contributed by atoms with van der Waals surface area (Å²) in [6, 6.07) is 13.8. The van der Waals surface area contributed by atoms with Crippen molar-refractivity contribution in [2.24, 2.45) is 5.92 Å². The number of likely N-dealkylation sites (tertiary alicyclic amines) is 1. The van der Waals surface area contributed by atoms with Gasteiger partial charge in [-0.2, -0.15) is 0 Å². The number of rotatable bonds is 8. The molecule has 0 aliphatic carbocycles. The number of fused-ring (bicyclic) bond motifs is 2. The first-order valence-electron chi connectivity index (χ1n) is 12.7. The zero-order valence-electron chi connectivity index (χ0n) is 20.5. The van der Waals surface area contributed by atoms with Crippen LogP contribution < -0.4 is 5.32 Å². The normalized spacial score (nSPS) is 15.4. The average molecular weight is 491 g/mol. The van der Waals surface area contributed by atoms with E-state index in [9.17, 15) is 9.90 Å². The maximum atomic E-state index is 12.8. The van der Waals surface area contributed by atoms with E-state index in [1.165, 1.54) is 9.71 Å². The van der Waals surface area contributed by atoms with Crippen molar-refractivity contribution in [2.45, 2.75) is 45.6 Å². The van der Waals surface area contributed by atoms with Crippen LogP contribution in [-0.4, -0.2) is 51.6 Å². The van der Waals surface area contributed by atoms with Crippen LogP contribution >= 0.6 is 11.3 Å². The van der Waals surface area contributed by atoms with Crippen LogP contribution in [0.15, 0.2) is 48.7 Å². The largest absolute Gasteiger partial charge is 0.506 e. The summed E-state index contributed by atoms with van der Waals surface area (Å²) in [4.78, 5) is 20.2. The number of hydrogen-bond acceptors (Lipinski definition) is 5. The van der Waals surface area contributed by atoms with E-state index in [4.69, 9.17) is 4.98 Å². The Bertz CT molecular complexity index is 1280. The molecule has 0 spiro atoms. The van der Waals surface area contributed by atoms with Crippen LogP contribution in [0, 0.1) is 5.92 Å². The van der Waals surface area contributed by atoms with Gasteiger partial charge in [0.1, 0.15) is 5.75 Å². The third-order valence-electron chi connectivity index (χ3n) is 6.91. The number of phenols is 1. The predicted molar refractivity (Wildman–Crippen MR) is 143 cm³/mol. The molecular weight excluding hydrogens is 456 g/mol. The highest BCUT2D eigenvalue weighted by atomic mass is 32.1. The fraction of sp³-hybridized carbons (Fsp3) is 0.429. The molecule has 184 valence electrons. The fourth-order valence-electron chi connectivity index (χ4n) is 5.02. The number of carbonyl (C=O) groups excluding carboxylic acids is 1. The summed E-state index contributed by atoms with van der Waals surface area (Å²) in [5.41, 5.74) is 2.50. The van der Waals surface area contributed by atoms with Crippen LogP contribution in [-0.2, 0) is 6.54 Å². The zero-order valence-corrected chi connectivity index (χ0v) is 21.4. The number of aromatic hydroxyl groups is 1. The molecule has 1 amide bonds. The van der Waals surface area contributed by atoms with Crippen LogP contribution in [0.3, 0.4) is 0 Å². The third-order valence-corrected chi connectivity index (χ3v) is 8.11. The molecule has 5 rings (SSSR count). The first kappa shape index (κ1) is 23.8. The molecule has 0 radical (unpaired) electrons. The Morgan fingerprint density at radius 3 is 2.71 bits per heavy atom. The molecule has 0 unspecified atom stereocenters. The Morgan fingerprint density at radius 2 is 1.94 bits per heavy atom. The van der Waals surface area contributed by atoms with Gasteiger partial charge in [0.25, 0.3) is 5.91 Å². The second-order valence-corrected chi connectivity index (χ2v) is 11.1. The monoisotopic (exact) mass is 490 g/mol. The number of nitrogens with one attached hydrogen (secondary N) is 1. The van der Waals surface area contributed by atoms with Gasteiger partial charge in [-0.25, -0.2) is 4.98 Å². The maximum absolute atomic E-state index is 12.8. The SMILES string of the molecule is CC(C)CNC(=O)c1cn(CCCN2CCC(c3nc4ccccc4s3)CC2)c2c(O)cccc12. The molecule has 2 aromatic carbocycles. The number of nitrogens with zero attached hydrogens (tertiary/aromatic N) is 3. The number of carbonyl (C=O) groups is 1. The van der Waals surface area contributed by atoms with Gasteiger partial charge in [-0.1, -0.05) is 38.1 Å². The zero-order chi connectivity index (χ0) is 24.4. The molecule has 1 fully saturated rings. The van der Waals surface area contributed by atoms with Crippen molar-refractivity contribution in [1.82, 2.24) is 19.8 Å². The minimum atomic E-state index is -0.0787. The Balaban J connectivity index is 1.19. The molecular formula is C28H34N4O2S. The van der Waals surface area contributed by atoms with Crippen molar-refractivity contribution in [3.63, 3.8) is 0 Å². The lowest BCUT2D eigenvalue weighted by molar-refractivity contribution is 0.0950. The predicted octanol–water partition coefficient (Wildman–Crippen LogP) is 5.61. The van der Waals surface area contributed by atoms with Gasteiger partial charge in [0.05, 0.1) is 26.3 Å². The van der Waals surface area contributed by atoms with Crippen molar-refractivity contribution in [3.05, 3.63) is 59.2 Å². The topological polar surface area (TPSA) is 70.4 Å². The van der Waals surface area contributed by atoms with E-state index in [0.717, 1.165) is 61.9 Å². The van der Waals surface area contributed by atoms with Crippen LogP contribution in [0.2, 0.25) is 0 Å². The Morgan fingerprint density at radius 1 is 1.14 bits per heavy atom. The van der Waals surface area contributed by atoms with E-state index in [-0.39, 0.29) is 11.7 Å². The smallest absolute Gasteiger partial charge is 0.253 e. The quantitative estimate of drug-likeness (QED) is 0.337. The Kier molecular flexibility index (Phi) is 7.07. The van der Waals surface area contributed by atoms with Gasteiger partial charge in [-0.3, -0.25) is 4.79 Å². The van der Waals surface area contributed by atoms with Crippen molar-refractivity contribution in [1.29, 1.82) is 0 Å². The number of aryl methyl sites for hydroxylation is 1. The molecule has 35 heavy (non-hydrogen) atoms. The standard InChI is InChI=1S/C28H34N4O2S/c1-19(2)17-29-27(34)22-18-32(26-21(22)7-5-9-24(26)33)14-6-13-31-15-11-20(12-16-31)28-30-23-8-3-4-10-25(23)35-28/h3-5,7-10,18-20,33H,6,11-17H2,1-2H3,(H,29,34). The molecule has 0 bridgehead atoms. The second-order valence-electron chi connectivity index (χ2n) is 10.0. The second kappa shape index (κ2) is 10.4. The molecule has 2 N–H and O–H groups in total. The lowest BCUT2D eigenvalue weighted by atomic mass is 9.97. The highest BCUT2D eigenvalue weighted by Crippen LogP contribution is 2.34. The minimum absolute atomic E-state index is 0.0787. The number of para-hydroxylation sites is 2. The molecule has 2 aromatic heterocycles. The summed E-state index contributed by atoms with van der Waals surface area (Å²) in [5.74, 6) is 1.09. The molecule has 1 saturated heterocycles. The van der Waals surface area contributed by atoms with E-state index >= 15 is 0 Å². The average Bonchev–Trinajstić information content (AvgIpc) is 3.46. The lowest BCUT2D eigenvalue weighted by Gasteiger charge is -2.31. The van der Waals surface area contributed by atoms with Gasteiger partial charge in [0.15, 0.2) is 0 Å². The maximum Gasteiger partial charge on any atom is 0.253 e. The van der Waals surface area contributed by atoms with Gasteiger partial charge in [-0.05, 0) is 63.0 Å². The van der Waals surface area contributed by atoms with Crippen LogP contribution in [0.1, 0.15) is 54.4 Å². The summed E-state index contributed by atoms with van der Waals surface area (Å²) in [7, 11) is 0. The van der Waals surface area contributed by atoms with Gasteiger partial charge >= 0.3 is 0 Å². The van der Waals surface area contributed by atoms with Gasteiger partial charge in [0.2, 0.25) is 0 Å². The summed E-state index contributed by atoms with van der Waals surface area (Å²) in [6.07, 6.45) is 5.16. The Hall–Kier alpha value is -2.90. The Labute approximate surface area is 210 Å². The molecule has 0 atom stereocenters. The number of amides is 1. The molecule has 3 heterocycles. The number of benzene rings is 2. The number of phenolic OH excluding ortho intramolecular Hbond substituents is 1. The van der Waals surface area contributed by atoms with E-state index in [0.29, 0.717) is 23.9 Å². The molecule has 6 nitrogen and oxygen atoms in total. The van der Waals surface area contributed by atoms with E-state index in [2.05, 4.69) is 48.3 Å². The summed E-state index contributed by atoms with van der Waals surface area (Å²) < 4.78 is 3.33. The molecule has 0 saturated carbocycles. The fourth-order valence-corrected chi connectivity index (χ4v) is 6.16. The highest BCUT2D eigenvalue weighted by molar-refractivity contribution is 7.18. The summed E-state index contributed by atoms with van der Waals surface area (Å²) in [5, 5.41) is 15.6. The van der Waals surface area contributed by atoms with Crippen molar-refractivity contribution in [2.75, 3.05) is 26.2 Å². The summed E-state index contributed by atoms with van der Waals surface area (Å²) >= 11 is 1.84. The van der Waals surface area contributed by atoms with Gasteiger partial charge < -0.3 is 19.9 Å². The van der Waals surface area contributed by atoms with Crippen molar-refractivity contribution < 1.29 is 9.90 Å². The molecule has 7 heteroatoms. The molecule has 1 aliphatic heterocycles. The third kappa shape index (κ3) is 5.21.